The van der Waals surface area contributed by atoms with Gasteiger partial charge >= 0.3 is 5.97 Å². The molecule has 7 heteroatoms. The van der Waals surface area contributed by atoms with Crippen LogP contribution >= 0.6 is 0 Å². The lowest BCUT2D eigenvalue weighted by Crippen LogP contribution is -2.46. The van der Waals surface area contributed by atoms with Gasteiger partial charge in [0, 0.05) is 6.92 Å². The molecule has 1 aromatic carbocycles. The molecule has 1 atom stereocenters. The molecule has 138 valence electrons. The van der Waals surface area contributed by atoms with Crippen LogP contribution in [0.3, 0.4) is 0 Å². The molecule has 0 spiro atoms. The zero-order valence-electron chi connectivity index (χ0n) is 14.8. The summed E-state index contributed by atoms with van der Waals surface area (Å²) in [6.07, 6.45) is 2.93. The van der Waals surface area contributed by atoms with Gasteiger partial charge < -0.3 is 15.4 Å². The standard InChI is InChI=1S/C19H23N3O4/c1-14(23)21-16(15-7-3-2-4-8-15)11-18(25)26-12-17(24)22-19(13-20)9-5-6-10-19/h2-4,7-8,16H,5-6,9-12H2,1H3,(H,21,23)(H,22,24)/t16-/m0/s1. The summed E-state index contributed by atoms with van der Waals surface area (Å²) in [6.45, 7) is 0.932. The molecule has 0 saturated heterocycles. The van der Waals surface area contributed by atoms with E-state index < -0.39 is 30.1 Å². The Hall–Kier alpha value is -2.88. The lowest BCUT2D eigenvalue weighted by Gasteiger charge is -2.22. The smallest absolute Gasteiger partial charge is 0.308 e. The summed E-state index contributed by atoms with van der Waals surface area (Å²) >= 11 is 0. The Balaban J connectivity index is 1.87. The second-order valence-electron chi connectivity index (χ2n) is 6.48. The first-order chi connectivity index (χ1) is 12.4. The number of nitrogens with one attached hydrogen (secondary N) is 2. The van der Waals surface area contributed by atoms with E-state index in [0.29, 0.717) is 12.8 Å². The van der Waals surface area contributed by atoms with Gasteiger partial charge in [-0.05, 0) is 31.2 Å². The van der Waals surface area contributed by atoms with Crippen LogP contribution in [0.5, 0.6) is 0 Å². The summed E-state index contributed by atoms with van der Waals surface area (Å²) < 4.78 is 5.03. The Morgan fingerprint density at radius 3 is 2.46 bits per heavy atom. The molecule has 26 heavy (non-hydrogen) atoms. The predicted octanol–water partition coefficient (Wildman–Crippen LogP) is 1.75. The normalized spacial score (nSPS) is 16.2. The van der Waals surface area contributed by atoms with Crippen LogP contribution in [0.25, 0.3) is 0 Å². The second-order valence-corrected chi connectivity index (χ2v) is 6.48. The number of carbonyl (C=O) groups is 3. The fraction of sp³-hybridized carbons (Fsp3) is 0.474. The fourth-order valence-electron chi connectivity index (χ4n) is 3.10. The SMILES string of the molecule is CC(=O)N[C@@H](CC(=O)OCC(=O)NC1(C#N)CCCC1)c1ccccc1. The van der Waals surface area contributed by atoms with E-state index in [1.165, 1.54) is 6.92 Å². The maximum Gasteiger partial charge on any atom is 0.308 e. The topological polar surface area (TPSA) is 108 Å². The van der Waals surface area contributed by atoms with Crippen molar-refractivity contribution in [1.29, 1.82) is 5.26 Å². The lowest BCUT2D eigenvalue weighted by molar-refractivity contribution is -0.149. The van der Waals surface area contributed by atoms with Crippen LogP contribution in [-0.4, -0.2) is 29.9 Å². The van der Waals surface area contributed by atoms with Crippen LogP contribution in [-0.2, 0) is 19.1 Å². The molecule has 0 unspecified atom stereocenters. The van der Waals surface area contributed by atoms with Gasteiger partial charge in [-0.1, -0.05) is 30.3 Å². The van der Waals surface area contributed by atoms with Crippen molar-refractivity contribution in [3.63, 3.8) is 0 Å². The van der Waals surface area contributed by atoms with Gasteiger partial charge in [0.2, 0.25) is 5.91 Å². The summed E-state index contributed by atoms with van der Waals surface area (Å²) in [6, 6.07) is 10.7. The monoisotopic (exact) mass is 357 g/mol. The van der Waals surface area contributed by atoms with E-state index in [1.54, 1.807) is 12.1 Å². The van der Waals surface area contributed by atoms with Crippen molar-refractivity contribution in [1.82, 2.24) is 10.6 Å². The molecule has 1 aliphatic carbocycles. The highest BCUT2D eigenvalue weighted by Crippen LogP contribution is 2.28. The van der Waals surface area contributed by atoms with Gasteiger partial charge in [-0.15, -0.1) is 0 Å². The van der Waals surface area contributed by atoms with Crippen molar-refractivity contribution in [3.05, 3.63) is 35.9 Å². The van der Waals surface area contributed by atoms with Crippen LogP contribution in [0, 0.1) is 11.3 Å². The van der Waals surface area contributed by atoms with E-state index in [9.17, 15) is 19.6 Å². The molecule has 0 heterocycles. The zero-order valence-corrected chi connectivity index (χ0v) is 14.8. The van der Waals surface area contributed by atoms with Gasteiger partial charge in [-0.3, -0.25) is 14.4 Å². The molecule has 1 saturated carbocycles. The summed E-state index contributed by atoms with van der Waals surface area (Å²) in [4.78, 5) is 35.5. The minimum absolute atomic E-state index is 0.0831. The molecule has 2 rings (SSSR count). The van der Waals surface area contributed by atoms with Crippen molar-refractivity contribution in [2.24, 2.45) is 0 Å². The largest absolute Gasteiger partial charge is 0.456 e. The number of nitriles is 1. The van der Waals surface area contributed by atoms with E-state index in [-0.39, 0.29) is 12.3 Å². The number of benzene rings is 1. The predicted molar refractivity (Wildman–Crippen MR) is 93.5 cm³/mol. The van der Waals surface area contributed by atoms with Crippen LogP contribution in [0.4, 0.5) is 0 Å². The van der Waals surface area contributed by atoms with Gasteiger partial charge in [0.25, 0.3) is 5.91 Å². The van der Waals surface area contributed by atoms with Crippen LogP contribution < -0.4 is 10.6 Å². The minimum Gasteiger partial charge on any atom is -0.456 e. The summed E-state index contributed by atoms with van der Waals surface area (Å²) in [5.74, 6) is -1.35. The molecule has 0 aliphatic heterocycles. The van der Waals surface area contributed by atoms with Gasteiger partial charge in [0.05, 0.1) is 18.5 Å². The van der Waals surface area contributed by atoms with Crippen molar-refractivity contribution in [3.8, 4) is 6.07 Å². The summed E-state index contributed by atoms with van der Waals surface area (Å²) in [5.41, 5.74) is -0.0646. The highest BCUT2D eigenvalue weighted by Gasteiger charge is 2.35. The number of nitrogens with zero attached hydrogens (tertiary/aromatic N) is 1. The third kappa shape index (κ3) is 5.59. The molecular weight excluding hydrogens is 334 g/mol. The van der Waals surface area contributed by atoms with E-state index in [4.69, 9.17) is 4.74 Å². The number of amides is 2. The fourth-order valence-corrected chi connectivity index (χ4v) is 3.10. The third-order valence-electron chi connectivity index (χ3n) is 4.36. The lowest BCUT2D eigenvalue weighted by atomic mass is 10.00. The maximum atomic E-state index is 12.1. The molecule has 0 radical (unpaired) electrons. The summed E-state index contributed by atoms with van der Waals surface area (Å²) in [5, 5.41) is 14.6. The number of rotatable bonds is 7. The Bertz CT molecular complexity index is 690. The summed E-state index contributed by atoms with van der Waals surface area (Å²) in [7, 11) is 0. The van der Waals surface area contributed by atoms with Gasteiger partial charge in [0.1, 0.15) is 5.54 Å². The van der Waals surface area contributed by atoms with Gasteiger partial charge in [0.15, 0.2) is 6.61 Å². The Morgan fingerprint density at radius 1 is 1.23 bits per heavy atom. The molecule has 2 amide bonds. The average Bonchev–Trinajstić information content (AvgIpc) is 3.09. The van der Waals surface area contributed by atoms with E-state index in [2.05, 4.69) is 16.7 Å². The molecular formula is C19H23N3O4. The number of esters is 1. The number of hydrogen-bond donors (Lipinski definition) is 2. The third-order valence-corrected chi connectivity index (χ3v) is 4.36. The second kappa shape index (κ2) is 8.99. The molecule has 1 aromatic rings. The Morgan fingerprint density at radius 2 is 1.88 bits per heavy atom. The van der Waals surface area contributed by atoms with Crippen molar-refractivity contribution in [2.75, 3.05) is 6.61 Å². The van der Waals surface area contributed by atoms with Gasteiger partial charge in [-0.2, -0.15) is 5.26 Å². The van der Waals surface area contributed by atoms with E-state index in [1.807, 2.05) is 18.2 Å². The highest BCUT2D eigenvalue weighted by atomic mass is 16.5. The van der Waals surface area contributed by atoms with Crippen molar-refractivity contribution >= 4 is 17.8 Å². The maximum absolute atomic E-state index is 12.1. The quantitative estimate of drug-likeness (QED) is 0.723. The first-order valence-electron chi connectivity index (χ1n) is 8.64. The molecule has 1 aliphatic rings. The minimum atomic E-state index is -0.841. The van der Waals surface area contributed by atoms with Crippen molar-refractivity contribution < 1.29 is 19.1 Å². The van der Waals surface area contributed by atoms with Crippen molar-refractivity contribution in [2.45, 2.75) is 50.6 Å². The molecule has 2 N–H and O–H groups in total. The average molecular weight is 357 g/mol. The first kappa shape index (κ1) is 19.4. The van der Waals surface area contributed by atoms with E-state index >= 15 is 0 Å². The Kier molecular flexibility index (Phi) is 6.73. The molecule has 1 fully saturated rings. The molecule has 7 nitrogen and oxygen atoms in total. The highest BCUT2D eigenvalue weighted by molar-refractivity contribution is 5.82. The number of carbonyl (C=O) groups excluding carboxylic acids is 3. The van der Waals surface area contributed by atoms with Crippen LogP contribution in [0.15, 0.2) is 30.3 Å². The molecule has 0 aromatic heterocycles. The van der Waals surface area contributed by atoms with Crippen LogP contribution in [0.2, 0.25) is 0 Å². The number of hydrogen-bond acceptors (Lipinski definition) is 5. The van der Waals surface area contributed by atoms with E-state index in [0.717, 1.165) is 18.4 Å². The number of ether oxygens (including phenoxy) is 1. The molecule has 0 bridgehead atoms. The van der Waals surface area contributed by atoms with Gasteiger partial charge in [-0.25, -0.2) is 0 Å². The zero-order chi connectivity index (χ0) is 19.0. The first-order valence-corrected chi connectivity index (χ1v) is 8.64. The Labute approximate surface area is 152 Å². The van der Waals surface area contributed by atoms with Crippen LogP contribution in [0.1, 0.15) is 50.6 Å².